The minimum atomic E-state index is -3.02. The van der Waals surface area contributed by atoms with Crippen LogP contribution < -0.4 is 15.1 Å². The number of hydrogen-bond acceptors (Lipinski definition) is 10. The van der Waals surface area contributed by atoms with Crippen LogP contribution in [0, 0.1) is 11.8 Å². The molecule has 0 saturated carbocycles. The van der Waals surface area contributed by atoms with E-state index in [2.05, 4.69) is 46.9 Å². The van der Waals surface area contributed by atoms with Crippen LogP contribution in [0.5, 0.6) is 0 Å². The van der Waals surface area contributed by atoms with Gasteiger partial charge in [-0.25, -0.2) is 23.4 Å². The zero-order valence-electron chi connectivity index (χ0n) is 22.3. The summed E-state index contributed by atoms with van der Waals surface area (Å²) in [4.78, 5) is 23.3. The van der Waals surface area contributed by atoms with Crippen LogP contribution in [-0.4, -0.2) is 78.7 Å². The summed E-state index contributed by atoms with van der Waals surface area (Å²) in [6.45, 7) is 9.56. The number of aromatic nitrogens is 4. The molecule has 0 amide bonds. The summed E-state index contributed by atoms with van der Waals surface area (Å²) in [7, 11) is -3.02. The van der Waals surface area contributed by atoms with Crippen molar-refractivity contribution < 1.29 is 13.2 Å². The Morgan fingerprint density at radius 2 is 1.95 bits per heavy atom. The molecule has 0 aromatic carbocycles. The first-order valence-electron chi connectivity index (χ1n) is 13.4. The molecular weight excluding hydrogens is 502 g/mol. The van der Waals surface area contributed by atoms with Crippen LogP contribution in [0.4, 0.5) is 23.4 Å². The van der Waals surface area contributed by atoms with E-state index in [1.807, 2.05) is 18.5 Å². The van der Waals surface area contributed by atoms with E-state index in [9.17, 15) is 8.42 Å². The maximum atomic E-state index is 11.8. The largest absolute Gasteiger partial charge is 0.379 e. The quantitative estimate of drug-likeness (QED) is 0.481. The molecule has 3 aliphatic heterocycles. The highest BCUT2D eigenvalue weighted by Gasteiger charge is 2.40. The van der Waals surface area contributed by atoms with Gasteiger partial charge in [-0.15, -0.1) is 0 Å². The molecular formula is C27H35N7O3S. The number of sulfone groups is 1. The summed E-state index contributed by atoms with van der Waals surface area (Å²) in [5.74, 6) is 4.13. The molecule has 6 rings (SSSR count). The topological polar surface area (TPSA) is 113 Å². The van der Waals surface area contributed by atoms with Gasteiger partial charge in [-0.2, -0.15) is 4.98 Å². The molecule has 0 aliphatic carbocycles. The van der Waals surface area contributed by atoms with Crippen molar-refractivity contribution in [3.05, 3.63) is 36.3 Å². The molecule has 3 fully saturated rings. The highest BCUT2D eigenvalue weighted by atomic mass is 32.2. The van der Waals surface area contributed by atoms with Crippen LogP contribution in [0.2, 0.25) is 0 Å². The molecule has 3 aromatic rings. The van der Waals surface area contributed by atoms with Crippen molar-refractivity contribution >= 4 is 44.0 Å². The SMILES string of the molecule is CC(C)c1cnc(N2C[C@H](CS(C)(=O)=O)[C@H]2C)c2cnc(Nc3ccnc(N4CC[C@H]5COCC54)n3)cc12. The third-order valence-corrected chi connectivity index (χ3v) is 9.29. The average Bonchev–Trinajstić information content (AvgIpc) is 3.49. The Hall–Kier alpha value is -3.05. The Kier molecular flexibility index (Phi) is 6.38. The first-order valence-corrected chi connectivity index (χ1v) is 15.4. The monoisotopic (exact) mass is 537 g/mol. The smallest absolute Gasteiger partial charge is 0.227 e. The van der Waals surface area contributed by atoms with Gasteiger partial charge in [0.1, 0.15) is 27.3 Å². The van der Waals surface area contributed by atoms with Gasteiger partial charge in [0.2, 0.25) is 5.95 Å². The zero-order valence-corrected chi connectivity index (χ0v) is 23.1. The maximum absolute atomic E-state index is 11.8. The maximum Gasteiger partial charge on any atom is 0.227 e. The fourth-order valence-electron chi connectivity index (χ4n) is 6.06. The predicted octanol–water partition coefficient (Wildman–Crippen LogP) is 3.38. The van der Waals surface area contributed by atoms with E-state index in [-0.39, 0.29) is 23.6 Å². The fourth-order valence-corrected chi connectivity index (χ4v) is 7.22. The Balaban J connectivity index is 1.28. The van der Waals surface area contributed by atoms with Gasteiger partial charge in [0.15, 0.2) is 0 Å². The van der Waals surface area contributed by atoms with Crippen LogP contribution in [0.1, 0.15) is 38.7 Å². The minimum Gasteiger partial charge on any atom is -0.379 e. The number of hydrogen-bond donors (Lipinski definition) is 1. The lowest BCUT2D eigenvalue weighted by molar-refractivity contribution is 0.179. The van der Waals surface area contributed by atoms with Gasteiger partial charge >= 0.3 is 0 Å². The van der Waals surface area contributed by atoms with Crippen molar-refractivity contribution in [1.29, 1.82) is 0 Å². The lowest BCUT2D eigenvalue weighted by atomic mass is 9.90. The Morgan fingerprint density at radius 3 is 2.71 bits per heavy atom. The normalized spacial score (nSPS) is 25.2. The number of nitrogens with zero attached hydrogens (tertiary/aromatic N) is 6. The van der Waals surface area contributed by atoms with Gasteiger partial charge in [0.25, 0.3) is 0 Å². The van der Waals surface area contributed by atoms with Gasteiger partial charge in [-0.1, -0.05) is 13.8 Å². The van der Waals surface area contributed by atoms with Crippen molar-refractivity contribution in [2.24, 2.45) is 11.8 Å². The molecule has 0 bridgehead atoms. The van der Waals surface area contributed by atoms with Crippen molar-refractivity contribution in [3.8, 4) is 0 Å². The van der Waals surface area contributed by atoms with E-state index >= 15 is 0 Å². The molecule has 0 spiro atoms. The van der Waals surface area contributed by atoms with E-state index < -0.39 is 9.84 Å². The predicted molar refractivity (Wildman–Crippen MR) is 149 cm³/mol. The zero-order chi connectivity index (χ0) is 26.6. The standard InChI is InChI=1S/C27H35N7O3S/c1-16(2)21-10-30-26(34-12-19(17(34)3)15-38(4,35)36)22-11-29-25(9-20(21)22)31-24-5-7-28-27(32-24)33-8-6-18-13-37-14-23(18)33/h5,7,9-11,16-19,23H,6,8,12-15H2,1-4H3,(H,28,29,31,32)/t17-,18+,19-,23?/m1/s1. The number of nitrogens with one attached hydrogen (secondary N) is 1. The number of rotatable bonds is 7. The fraction of sp³-hybridized carbons (Fsp3) is 0.556. The highest BCUT2D eigenvalue weighted by Crippen LogP contribution is 2.38. The molecule has 1 N–H and O–H groups in total. The van der Waals surface area contributed by atoms with Gasteiger partial charge < -0.3 is 19.9 Å². The summed E-state index contributed by atoms with van der Waals surface area (Å²) in [5, 5.41) is 5.44. The molecule has 3 saturated heterocycles. The molecule has 11 heteroatoms. The lowest BCUT2D eigenvalue weighted by Gasteiger charge is -2.47. The molecule has 3 aromatic heterocycles. The summed E-state index contributed by atoms with van der Waals surface area (Å²) in [6.07, 6.45) is 8.01. The van der Waals surface area contributed by atoms with E-state index in [0.717, 1.165) is 54.3 Å². The molecule has 3 aliphatic rings. The number of pyridine rings is 2. The van der Waals surface area contributed by atoms with Crippen molar-refractivity contribution in [3.63, 3.8) is 0 Å². The number of fused-ring (bicyclic) bond motifs is 2. The number of ether oxygens (including phenoxy) is 1. The summed E-state index contributed by atoms with van der Waals surface area (Å²) in [6, 6.07) is 4.37. The third kappa shape index (κ3) is 4.66. The molecule has 1 unspecified atom stereocenters. The van der Waals surface area contributed by atoms with E-state index in [0.29, 0.717) is 30.1 Å². The van der Waals surface area contributed by atoms with Crippen molar-refractivity contribution in [1.82, 2.24) is 19.9 Å². The van der Waals surface area contributed by atoms with E-state index in [4.69, 9.17) is 19.7 Å². The van der Waals surface area contributed by atoms with Gasteiger partial charge in [-0.05, 0) is 42.3 Å². The Labute approximate surface area is 223 Å². The average molecular weight is 538 g/mol. The van der Waals surface area contributed by atoms with E-state index in [1.165, 1.54) is 6.26 Å². The summed E-state index contributed by atoms with van der Waals surface area (Å²) >= 11 is 0. The van der Waals surface area contributed by atoms with Crippen LogP contribution in [0.25, 0.3) is 10.8 Å². The molecule has 38 heavy (non-hydrogen) atoms. The van der Waals surface area contributed by atoms with Crippen LogP contribution >= 0.6 is 0 Å². The summed E-state index contributed by atoms with van der Waals surface area (Å²) < 4.78 is 29.3. The number of anilines is 4. The first kappa shape index (κ1) is 25.2. The second kappa shape index (κ2) is 9.60. The van der Waals surface area contributed by atoms with Crippen molar-refractivity contribution in [2.75, 3.05) is 53.4 Å². The molecule has 0 radical (unpaired) electrons. The van der Waals surface area contributed by atoms with Gasteiger partial charge in [0.05, 0.1) is 25.0 Å². The Bertz CT molecular complexity index is 1460. The molecule has 202 valence electrons. The lowest BCUT2D eigenvalue weighted by Crippen LogP contribution is -2.57. The molecule has 10 nitrogen and oxygen atoms in total. The second-order valence-corrected chi connectivity index (χ2v) is 13.5. The van der Waals surface area contributed by atoms with Crippen LogP contribution in [0.15, 0.2) is 30.7 Å². The van der Waals surface area contributed by atoms with E-state index in [1.54, 1.807) is 6.20 Å². The van der Waals surface area contributed by atoms with Gasteiger partial charge in [0, 0.05) is 61.2 Å². The first-order chi connectivity index (χ1) is 18.2. The van der Waals surface area contributed by atoms with Crippen molar-refractivity contribution in [2.45, 2.75) is 45.2 Å². The third-order valence-electron chi connectivity index (χ3n) is 8.26. The Morgan fingerprint density at radius 1 is 1.11 bits per heavy atom. The minimum absolute atomic E-state index is 0.0954. The van der Waals surface area contributed by atoms with Crippen LogP contribution in [-0.2, 0) is 14.6 Å². The highest BCUT2D eigenvalue weighted by molar-refractivity contribution is 7.90. The van der Waals surface area contributed by atoms with Gasteiger partial charge in [-0.3, -0.25) is 0 Å². The molecule has 6 heterocycles. The van der Waals surface area contributed by atoms with Crippen LogP contribution in [0.3, 0.4) is 0 Å². The molecule has 4 atom stereocenters. The second-order valence-electron chi connectivity index (χ2n) is 11.3. The summed E-state index contributed by atoms with van der Waals surface area (Å²) in [5.41, 5.74) is 1.14.